The van der Waals surface area contributed by atoms with E-state index in [2.05, 4.69) is 149 Å². The van der Waals surface area contributed by atoms with Crippen molar-refractivity contribution in [3.8, 4) is 61.9 Å². The average Bonchev–Trinajstić information content (AvgIpc) is 3.79. The summed E-state index contributed by atoms with van der Waals surface area (Å²) in [4.78, 5) is 10.7. The van der Waals surface area contributed by atoms with E-state index in [1.54, 1.807) is 7.11 Å². The van der Waals surface area contributed by atoms with Gasteiger partial charge in [-0.2, -0.15) is 0 Å². The number of hydrogen-bond acceptors (Lipinski definition) is 4. The molecule has 0 aliphatic heterocycles. The number of ether oxygens (including phenoxy) is 1. The molecule has 5 heteroatoms. The molecule has 5 nitrogen and oxygen atoms in total. The van der Waals surface area contributed by atoms with Crippen LogP contribution < -0.4 is 4.74 Å². The summed E-state index contributed by atoms with van der Waals surface area (Å²) in [5, 5.41) is 2.06. The first kappa shape index (κ1) is 35.3. The molecule has 0 amide bonds. The summed E-state index contributed by atoms with van der Waals surface area (Å²) in [5.74, 6) is 0.766. The van der Waals surface area contributed by atoms with Crippen molar-refractivity contribution in [2.45, 2.75) is 52.4 Å². The Kier molecular flexibility index (Phi) is 8.42. The Morgan fingerprint density at radius 2 is 1.18 bits per heavy atom. The molecule has 5 aromatic carbocycles. The predicted molar refractivity (Wildman–Crippen MR) is 231 cm³/mol. The van der Waals surface area contributed by atoms with Gasteiger partial charge >= 0.3 is 0 Å². The molecule has 0 saturated heterocycles. The third kappa shape index (κ3) is 6.23. The fourth-order valence-electron chi connectivity index (χ4n) is 7.71. The van der Waals surface area contributed by atoms with Crippen molar-refractivity contribution >= 4 is 27.6 Å². The van der Waals surface area contributed by atoms with Gasteiger partial charge in [-0.1, -0.05) is 126 Å². The molecule has 4 heterocycles. The molecule has 0 unspecified atom stereocenters. The molecule has 0 saturated carbocycles. The van der Waals surface area contributed by atoms with Gasteiger partial charge in [0.2, 0.25) is 0 Å². The summed E-state index contributed by atoms with van der Waals surface area (Å²) in [6, 6.07) is 48.9. The number of methoxy groups -OCH3 is 1. The highest BCUT2D eigenvalue weighted by molar-refractivity contribution is 6.11. The summed E-state index contributed by atoms with van der Waals surface area (Å²) in [6.07, 6.45) is 2.09. The van der Waals surface area contributed by atoms with Gasteiger partial charge < -0.3 is 9.15 Å². The van der Waals surface area contributed by atoms with Crippen molar-refractivity contribution in [3.05, 3.63) is 157 Å². The lowest BCUT2D eigenvalue weighted by Crippen LogP contribution is -2.16. The van der Waals surface area contributed by atoms with Crippen LogP contribution in [0.25, 0.3) is 83.7 Å². The van der Waals surface area contributed by atoms with E-state index in [0.29, 0.717) is 0 Å². The first-order valence-electron chi connectivity index (χ1n) is 19.3. The molecule has 4 aromatic heterocycles. The number of hydrogen-bond donors (Lipinski definition) is 0. The number of aromatic nitrogens is 3. The first-order valence-corrected chi connectivity index (χ1v) is 19.3. The van der Waals surface area contributed by atoms with Crippen LogP contribution in [-0.4, -0.2) is 21.5 Å². The number of para-hydroxylation sites is 2. The molecule has 0 bridgehead atoms. The van der Waals surface area contributed by atoms with Crippen LogP contribution in [0.2, 0.25) is 0 Å². The van der Waals surface area contributed by atoms with Crippen LogP contribution in [0.4, 0.5) is 0 Å². The molecule has 0 atom stereocenters. The normalized spacial score (nSPS) is 12.2. The molecule has 9 aromatic rings. The van der Waals surface area contributed by atoms with Crippen LogP contribution in [0.3, 0.4) is 0 Å². The van der Waals surface area contributed by atoms with Gasteiger partial charge in [0.15, 0.2) is 0 Å². The van der Waals surface area contributed by atoms with Gasteiger partial charge in [0, 0.05) is 39.2 Å². The van der Waals surface area contributed by atoms with Crippen LogP contribution in [-0.2, 0) is 10.8 Å². The van der Waals surface area contributed by atoms with Crippen molar-refractivity contribution in [2.24, 2.45) is 0 Å². The standard InChI is InChI=1S/C51H45N3O2/c1-50(2,3)36-25-33(26-37(31-36)51(4,5)6)34-29-42(39-20-12-13-21-44(39)55-7)52-43(30-34)41-28-35(27-40-38-19-11-14-22-45(38)56-49(40)41)47-48(32-17-9-8-10-18-32)54-24-16-15-23-46(54)53-47/h8-31H,1-7H3. The van der Waals surface area contributed by atoms with Gasteiger partial charge in [-0.15, -0.1) is 0 Å². The summed E-state index contributed by atoms with van der Waals surface area (Å²) >= 11 is 0. The highest BCUT2D eigenvalue weighted by atomic mass is 16.5. The molecule has 9 rings (SSSR count). The Labute approximate surface area is 328 Å². The SMILES string of the molecule is COc1ccccc1-c1cc(-c2cc(C(C)(C)C)cc(C(C)(C)C)c2)cc(-c2cc(-c3nc4ccccn4c3-c3ccccc3)cc3c2oc2ccccc23)n1. The van der Waals surface area contributed by atoms with E-state index in [0.717, 1.165) is 89.5 Å². The highest BCUT2D eigenvalue weighted by Gasteiger charge is 2.24. The largest absolute Gasteiger partial charge is 0.496 e. The van der Waals surface area contributed by atoms with E-state index in [-0.39, 0.29) is 10.8 Å². The number of benzene rings is 5. The van der Waals surface area contributed by atoms with E-state index in [9.17, 15) is 0 Å². The number of imidazole rings is 1. The fourth-order valence-corrected chi connectivity index (χ4v) is 7.71. The molecular weight excluding hydrogens is 687 g/mol. The molecule has 276 valence electrons. The topological polar surface area (TPSA) is 52.6 Å². The molecule has 56 heavy (non-hydrogen) atoms. The minimum atomic E-state index is -0.0450. The van der Waals surface area contributed by atoms with E-state index in [1.165, 1.54) is 11.1 Å². The maximum absolute atomic E-state index is 6.78. The summed E-state index contributed by atoms with van der Waals surface area (Å²) in [6.45, 7) is 13.7. The van der Waals surface area contributed by atoms with Crippen molar-refractivity contribution in [1.29, 1.82) is 0 Å². The van der Waals surface area contributed by atoms with E-state index >= 15 is 0 Å². The summed E-state index contributed by atoms with van der Waals surface area (Å²) < 4.78 is 14.9. The maximum atomic E-state index is 6.78. The van der Waals surface area contributed by atoms with Crippen LogP contribution in [0.1, 0.15) is 52.7 Å². The fraction of sp³-hybridized carbons (Fsp3) is 0.176. The average molecular weight is 732 g/mol. The van der Waals surface area contributed by atoms with Gasteiger partial charge in [0.05, 0.1) is 29.9 Å². The molecule has 0 fully saturated rings. The quantitative estimate of drug-likeness (QED) is 0.171. The number of nitrogens with zero attached hydrogens (tertiary/aromatic N) is 3. The number of furan rings is 1. The van der Waals surface area contributed by atoms with E-state index < -0.39 is 0 Å². The lowest BCUT2D eigenvalue weighted by Gasteiger charge is -2.26. The Morgan fingerprint density at radius 1 is 0.536 bits per heavy atom. The van der Waals surface area contributed by atoms with Crippen LogP contribution >= 0.6 is 0 Å². The Balaban J connectivity index is 1.37. The zero-order valence-corrected chi connectivity index (χ0v) is 33.0. The van der Waals surface area contributed by atoms with Crippen LogP contribution in [0.15, 0.2) is 150 Å². The molecule has 0 aliphatic carbocycles. The second-order valence-corrected chi connectivity index (χ2v) is 16.7. The lowest BCUT2D eigenvalue weighted by atomic mass is 9.79. The van der Waals surface area contributed by atoms with Gasteiger partial charge in [-0.25, -0.2) is 9.97 Å². The Morgan fingerprint density at radius 3 is 1.91 bits per heavy atom. The minimum absolute atomic E-state index is 0.0450. The molecular formula is C51H45N3O2. The molecule has 0 aliphatic rings. The van der Waals surface area contributed by atoms with Gasteiger partial charge in [-0.3, -0.25) is 4.40 Å². The number of rotatable bonds is 6. The number of fused-ring (bicyclic) bond motifs is 4. The number of pyridine rings is 2. The highest BCUT2D eigenvalue weighted by Crippen LogP contribution is 2.44. The molecule has 0 spiro atoms. The zero-order chi connectivity index (χ0) is 38.8. The first-order chi connectivity index (χ1) is 27.0. The van der Waals surface area contributed by atoms with Gasteiger partial charge in [0.25, 0.3) is 0 Å². The second-order valence-electron chi connectivity index (χ2n) is 16.7. The second kappa shape index (κ2) is 13.4. The Bertz CT molecular complexity index is 2890. The van der Waals surface area contributed by atoms with Gasteiger partial charge in [-0.05, 0) is 87.7 Å². The molecule has 0 N–H and O–H groups in total. The van der Waals surface area contributed by atoms with Crippen molar-refractivity contribution in [1.82, 2.24) is 14.4 Å². The van der Waals surface area contributed by atoms with Gasteiger partial charge in [0.1, 0.15) is 22.6 Å². The third-order valence-corrected chi connectivity index (χ3v) is 10.8. The predicted octanol–water partition coefficient (Wildman–Crippen LogP) is 13.6. The van der Waals surface area contributed by atoms with Crippen LogP contribution in [0.5, 0.6) is 5.75 Å². The molecule has 0 radical (unpaired) electrons. The minimum Gasteiger partial charge on any atom is -0.496 e. The summed E-state index contributed by atoms with van der Waals surface area (Å²) in [5.41, 5.74) is 14.6. The van der Waals surface area contributed by atoms with E-state index in [1.807, 2.05) is 42.5 Å². The third-order valence-electron chi connectivity index (χ3n) is 10.8. The van der Waals surface area contributed by atoms with E-state index in [4.69, 9.17) is 19.1 Å². The van der Waals surface area contributed by atoms with Crippen molar-refractivity contribution in [2.75, 3.05) is 7.11 Å². The maximum Gasteiger partial charge on any atom is 0.144 e. The smallest absolute Gasteiger partial charge is 0.144 e. The summed E-state index contributed by atoms with van der Waals surface area (Å²) in [7, 11) is 1.71. The Hall–Kier alpha value is -6.46. The van der Waals surface area contributed by atoms with Crippen LogP contribution in [0, 0.1) is 0 Å². The van der Waals surface area contributed by atoms with Crippen molar-refractivity contribution in [3.63, 3.8) is 0 Å². The lowest BCUT2D eigenvalue weighted by molar-refractivity contribution is 0.416. The monoisotopic (exact) mass is 731 g/mol. The zero-order valence-electron chi connectivity index (χ0n) is 33.0. The van der Waals surface area contributed by atoms with Crippen molar-refractivity contribution < 1.29 is 9.15 Å².